The number of primary amides is 1. The van der Waals surface area contributed by atoms with Gasteiger partial charge in [-0.1, -0.05) is 6.92 Å². The van der Waals surface area contributed by atoms with Crippen molar-refractivity contribution in [3.8, 4) is 0 Å². The van der Waals surface area contributed by atoms with Crippen molar-refractivity contribution in [2.45, 2.75) is 44.4 Å². The normalized spacial score (nSPS) is 28.9. The lowest BCUT2D eigenvalue weighted by Gasteiger charge is -2.30. The van der Waals surface area contributed by atoms with E-state index in [-0.39, 0.29) is 18.9 Å². The number of carbonyl (C=O) groups excluding carboxylic acids is 2. The number of hydrogen-bond acceptors (Lipinski definition) is 4. The Kier molecular flexibility index (Phi) is 3.54. The molecule has 16 heavy (non-hydrogen) atoms. The van der Waals surface area contributed by atoms with Crippen LogP contribution in [0.5, 0.6) is 0 Å². The summed E-state index contributed by atoms with van der Waals surface area (Å²) in [7, 11) is 0. The van der Waals surface area contributed by atoms with Gasteiger partial charge < -0.3 is 21.5 Å². The van der Waals surface area contributed by atoms with Crippen LogP contribution in [0.3, 0.4) is 0 Å². The summed E-state index contributed by atoms with van der Waals surface area (Å²) in [6.45, 7) is 3.53. The maximum Gasteiger partial charge on any atom is 0.243 e. The Morgan fingerprint density at radius 1 is 1.56 bits per heavy atom. The number of hydrogen-bond donors (Lipinski definition) is 3. The highest BCUT2D eigenvalue weighted by atomic mass is 16.3. The Morgan fingerprint density at radius 3 is 2.56 bits per heavy atom. The van der Waals surface area contributed by atoms with Crippen LogP contribution in [0.2, 0.25) is 0 Å². The first kappa shape index (κ1) is 12.9. The predicted molar refractivity (Wildman–Crippen MR) is 58.2 cm³/mol. The minimum atomic E-state index is -1.02. The minimum absolute atomic E-state index is 0.124. The molecule has 0 aliphatic carbocycles. The average Bonchev–Trinajstić information content (AvgIpc) is 2.59. The summed E-state index contributed by atoms with van der Waals surface area (Å²) in [6, 6.07) is -0.739. The molecule has 1 rings (SSSR count). The van der Waals surface area contributed by atoms with E-state index in [2.05, 4.69) is 0 Å². The molecule has 0 bridgehead atoms. The summed E-state index contributed by atoms with van der Waals surface area (Å²) in [5.74, 6) is -0.938. The second-order valence-corrected chi connectivity index (χ2v) is 4.54. The topological polar surface area (TPSA) is 110 Å². The van der Waals surface area contributed by atoms with E-state index in [1.54, 1.807) is 13.8 Å². The first-order valence-corrected chi connectivity index (χ1v) is 5.37. The molecule has 3 atom stereocenters. The molecule has 2 amide bonds. The fraction of sp³-hybridized carbons (Fsp3) is 0.800. The van der Waals surface area contributed by atoms with Crippen LogP contribution >= 0.6 is 0 Å². The summed E-state index contributed by atoms with van der Waals surface area (Å²) in [6.07, 6.45) is -0.0424. The molecule has 6 nitrogen and oxygen atoms in total. The SMILES string of the molecule is CCC(C)(N)C(=O)N1CC(O)CC1C(N)=O. The van der Waals surface area contributed by atoms with E-state index in [9.17, 15) is 14.7 Å². The van der Waals surface area contributed by atoms with Gasteiger partial charge >= 0.3 is 0 Å². The summed E-state index contributed by atoms with van der Waals surface area (Å²) in [5.41, 5.74) is 9.99. The van der Waals surface area contributed by atoms with Crippen LogP contribution in [0.25, 0.3) is 0 Å². The molecule has 0 aromatic heterocycles. The van der Waals surface area contributed by atoms with Gasteiger partial charge in [-0.05, 0) is 13.3 Å². The summed E-state index contributed by atoms with van der Waals surface area (Å²) >= 11 is 0. The van der Waals surface area contributed by atoms with Crippen molar-refractivity contribution in [3.63, 3.8) is 0 Å². The molecule has 3 unspecified atom stereocenters. The van der Waals surface area contributed by atoms with Gasteiger partial charge in [0.25, 0.3) is 0 Å². The van der Waals surface area contributed by atoms with E-state index in [0.717, 1.165) is 0 Å². The first-order valence-electron chi connectivity index (χ1n) is 5.37. The quantitative estimate of drug-likeness (QED) is 0.550. The van der Waals surface area contributed by atoms with Gasteiger partial charge in [0, 0.05) is 13.0 Å². The highest BCUT2D eigenvalue weighted by Gasteiger charge is 2.42. The van der Waals surface area contributed by atoms with Crippen molar-refractivity contribution in [1.82, 2.24) is 4.90 Å². The van der Waals surface area contributed by atoms with Gasteiger partial charge in [0.05, 0.1) is 11.6 Å². The molecule has 0 aromatic carbocycles. The number of likely N-dealkylation sites (tertiary alicyclic amines) is 1. The smallest absolute Gasteiger partial charge is 0.243 e. The van der Waals surface area contributed by atoms with E-state index in [1.807, 2.05) is 0 Å². The second-order valence-electron chi connectivity index (χ2n) is 4.54. The van der Waals surface area contributed by atoms with Gasteiger partial charge in [-0.25, -0.2) is 0 Å². The Balaban J connectivity index is 2.86. The third-order valence-corrected chi connectivity index (χ3v) is 3.09. The Labute approximate surface area is 94.6 Å². The van der Waals surface area contributed by atoms with Crippen molar-refractivity contribution in [2.75, 3.05) is 6.54 Å². The summed E-state index contributed by atoms with van der Waals surface area (Å²) in [4.78, 5) is 24.5. The second kappa shape index (κ2) is 4.39. The summed E-state index contributed by atoms with van der Waals surface area (Å²) in [5, 5.41) is 9.46. The molecule has 0 radical (unpaired) electrons. The number of nitrogens with two attached hydrogens (primary N) is 2. The maximum absolute atomic E-state index is 12.0. The van der Waals surface area contributed by atoms with Gasteiger partial charge in [-0.3, -0.25) is 9.59 Å². The third kappa shape index (κ3) is 2.33. The van der Waals surface area contributed by atoms with Gasteiger partial charge in [-0.15, -0.1) is 0 Å². The average molecular weight is 229 g/mol. The molecule has 1 saturated heterocycles. The van der Waals surface area contributed by atoms with Crippen molar-refractivity contribution in [3.05, 3.63) is 0 Å². The molecular formula is C10H19N3O3. The first-order chi connectivity index (χ1) is 7.29. The van der Waals surface area contributed by atoms with E-state index in [1.165, 1.54) is 4.90 Å². The van der Waals surface area contributed by atoms with E-state index >= 15 is 0 Å². The lowest BCUT2D eigenvalue weighted by atomic mass is 9.98. The number of rotatable bonds is 3. The van der Waals surface area contributed by atoms with Crippen molar-refractivity contribution >= 4 is 11.8 Å². The molecule has 0 saturated carbocycles. The third-order valence-electron chi connectivity index (χ3n) is 3.09. The lowest BCUT2D eigenvalue weighted by Crippen LogP contribution is -2.56. The molecular weight excluding hydrogens is 210 g/mol. The highest BCUT2D eigenvalue weighted by molar-refractivity contribution is 5.91. The largest absolute Gasteiger partial charge is 0.391 e. The highest BCUT2D eigenvalue weighted by Crippen LogP contribution is 2.22. The zero-order valence-corrected chi connectivity index (χ0v) is 9.64. The van der Waals surface area contributed by atoms with Crippen molar-refractivity contribution < 1.29 is 14.7 Å². The number of aliphatic hydroxyl groups excluding tert-OH is 1. The number of aliphatic hydroxyl groups is 1. The van der Waals surface area contributed by atoms with Crippen LogP contribution in [0, 0.1) is 0 Å². The van der Waals surface area contributed by atoms with Gasteiger partial charge in [-0.2, -0.15) is 0 Å². The predicted octanol–water partition coefficient (Wildman–Crippen LogP) is -1.44. The molecule has 1 aliphatic rings. The van der Waals surface area contributed by atoms with E-state index in [0.29, 0.717) is 6.42 Å². The van der Waals surface area contributed by atoms with Gasteiger partial charge in [0.1, 0.15) is 6.04 Å². The van der Waals surface area contributed by atoms with Crippen molar-refractivity contribution in [1.29, 1.82) is 0 Å². The maximum atomic E-state index is 12.0. The van der Waals surface area contributed by atoms with E-state index in [4.69, 9.17) is 11.5 Å². The Hall–Kier alpha value is -1.14. The van der Waals surface area contributed by atoms with Crippen LogP contribution in [0.15, 0.2) is 0 Å². The number of nitrogens with zero attached hydrogens (tertiary/aromatic N) is 1. The molecule has 1 aliphatic heterocycles. The zero-order valence-electron chi connectivity index (χ0n) is 9.64. The standard InChI is InChI=1S/C10H19N3O3/c1-3-10(2,12)9(16)13-5-6(14)4-7(13)8(11)15/h6-7,14H,3-5,12H2,1-2H3,(H2,11,15). The number of carbonyl (C=O) groups is 2. The van der Waals surface area contributed by atoms with Gasteiger partial charge in [0.15, 0.2) is 0 Å². The molecule has 1 fully saturated rings. The van der Waals surface area contributed by atoms with Gasteiger partial charge in [0.2, 0.25) is 11.8 Å². The lowest BCUT2D eigenvalue weighted by molar-refractivity contribution is -0.141. The molecule has 92 valence electrons. The molecule has 0 aromatic rings. The monoisotopic (exact) mass is 229 g/mol. The fourth-order valence-corrected chi connectivity index (χ4v) is 1.79. The Bertz CT molecular complexity index is 304. The molecule has 5 N–H and O–H groups in total. The van der Waals surface area contributed by atoms with Crippen LogP contribution in [0.1, 0.15) is 26.7 Å². The zero-order chi connectivity index (χ0) is 12.5. The van der Waals surface area contributed by atoms with Crippen LogP contribution < -0.4 is 11.5 Å². The molecule has 0 spiro atoms. The van der Waals surface area contributed by atoms with Crippen LogP contribution in [0.4, 0.5) is 0 Å². The summed E-state index contributed by atoms with van der Waals surface area (Å²) < 4.78 is 0. The number of amides is 2. The fourth-order valence-electron chi connectivity index (χ4n) is 1.79. The van der Waals surface area contributed by atoms with Crippen molar-refractivity contribution in [2.24, 2.45) is 11.5 Å². The van der Waals surface area contributed by atoms with E-state index < -0.39 is 23.6 Å². The molecule has 6 heteroatoms. The van der Waals surface area contributed by atoms with Crippen LogP contribution in [-0.4, -0.2) is 46.1 Å². The minimum Gasteiger partial charge on any atom is -0.391 e. The Morgan fingerprint density at radius 2 is 2.12 bits per heavy atom. The number of β-amino-alcohol motifs (C(OH)–C–C–N with tert-alkyl or cyclic N) is 1. The van der Waals surface area contributed by atoms with Crippen LogP contribution in [-0.2, 0) is 9.59 Å². The molecule has 1 heterocycles.